The molecule has 3 aromatic carbocycles. The Morgan fingerprint density at radius 3 is 2.45 bits per heavy atom. The van der Waals surface area contributed by atoms with Gasteiger partial charge in [0.1, 0.15) is 23.6 Å². The normalized spacial score (nSPS) is 28.8. The van der Waals surface area contributed by atoms with Gasteiger partial charge in [0.15, 0.2) is 0 Å². The molecule has 6 rings (SSSR count). The Morgan fingerprint density at radius 2 is 1.73 bits per heavy atom. The molecule has 4 heteroatoms. The van der Waals surface area contributed by atoms with Crippen LogP contribution in [0.5, 0.6) is 5.75 Å². The maximum atomic E-state index is 14.3. The third-order valence-corrected chi connectivity index (χ3v) is 11.9. The van der Waals surface area contributed by atoms with Gasteiger partial charge >= 0.3 is 5.97 Å². The molecule has 0 bridgehead atoms. The lowest BCUT2D eigenvalue weighted by Gasteiger charge is -2.50. The number of carbonyl (C=O) groups is 2. The minimum Gasteiger partial charge on any atom is -0.496 e. The van der Waals surface area contributed by atoms with Gasteiger partial charge in [-0.25, -0.2) is 0 Å². The third-order valence-electron chi connectivity index (χ3n) is 11.9. The predicted octanol–water partition coefficient (Wildman–Crippen LogP) is 9.10. The molecule has 0 saturated heterocycles. The van der Waals surface area contributed by atoms with E-state index in [2.05, 4.69) is 96.1 Å². The number of fused-ring (bicyclic) bond motifs is 4. The predicted molar refractivity (Wildman–Crippen MR) is 177 cm³/mol. The molecule has 3 aliphatic rings. The van der Waals surface area contributed by atoms with Crippen LogP contribution in [0.2, 0.25) is 0 Å². The summed E-state index contributed by atoms with van der Waals surface area (Å²) in [5.74, 6) is 1.00. The number of carbonyl (C=O) groups excluding carboxylic acids is 2. The zero-order chi connectivity index (χ0) is 31.4. The van der Waals surface area contributed by atoms with E-state index in [4.69, 9.17) is 9.47 Å². The number of rotatable bonds is 6. The van der Waals surface area contributed by atoms with Gasteiger partial charge in [0.2, 0.25) is 0 Å². The maximum absolute atomic E-state index is 14.3. The fourth-order valence-corrected chi connectivity index (χ4v) is 9.17. The summed E-state index contributed by atoms with van der Waals surface area (Å²) in [6, 6.07) is 19.7. The number of benzene rings is 3. The van der Waals surface area contributed by atoms with E-state index in [1.165, 1.54) is 33.0 Å². The molecular formula is C40H50O4. The lowest BCUT2D eigenvalue weighted by molar-refractivity contribution is -0.169. The molecule has 0 unspecified atom stereocenters. The van der Waals surface area contributed by atoms with Crippen molar-refractivity contribution >= 4 is 22.5 Å². The molecule has 4 nitrogen and oxygen atoms in total. The Bertz CT molecular complexity index is 1570. The van der Waals surface area contributed by atoms with E-state index in [1.807, 2.05) is 0 Å². The molecule has 234 valence electrons. The molecule has 0 N–H and O–H groups in total. The van der Waals surface area contributed by atoms with Gasteiger partial charge in [0, 0.05) is 12.3 Å². The Labute approximate surface area is 263 Å². The zero-order valence-corrected chi connectivity index (χ0v) is 27.7. The number of hydrogen-bond donors (Lipinski definition) is 0. The second-order valence-corrected chi connectivity index (χ2v) is 15.2. The van der Waals surface area contributed by atoms with Gasteiger partial charge in [-0.1, -0.05) is 103 Å². The molecule has 0 amide bonds. The number of hydrogen-bond acceptors (Lipinski definition) is 4. The number of Topliss-reactive ketones (excluding diaryl/α,β-unsaturated/α-hetero) is 1. The summed E-state index contributed by atoms with van der Waals surface area (Å²) in [6.07, 6.45) is 5.53. The minimum atomic E-state index is -0.709. The average Bonchev–Trinajstić information content (AvgIpc) is 3.00. The zero-order valence-electron chi connectivity index (χ0n) is 27.7. The highest BCUT2D eigenvalue weighted by atomic mass is 16.5. The number of ketones is 1. The second kappa shape index (κ2) is 11.7. The minimum absolute atomic E-state index is 0.0564. The van der Waals surface area contributed by atoms with Crippen LogP contribution < -0.4 is 4.74 Å². The average molecular weight is 595 g/mol. The lowest BCUT2D eigenvalue weighted by Crippen LogP contribution is -2.52. The smallest absolute Gasteiger partial charge is 0.317 e. The molecule has 3 aromatic rings. The van der Waals surface area contributed by atoms with E-state index in [9.17, 15) is 9.59 Å². The monoisotopic (exact) mass is 594 g/mol. The van der Waals surface area contributed by atoms with Crippen LogP contribution in [0.25, 0.3) is 10.8 Å². The summed E-state index contributed by atoms with van der Waals surface area (Å²) in [5, 5.41) is 2.47. The fourth-order valence-electron chi connectivity index (χ4n) is 9.17. The van der Waals surface area contributed by atoms with Crippen molar-refractivity contribution in [3.8, 4) is 5.75 Å². The van der Waals surface area contributed by atoms with Gasteiger partial charge < -0.3 is 9.47 Å². The Hall–Kier alpha value is -3.14. The van der Waals surface area contributed by atoms with Crippen LogP contribution in [0, 0.1) is 23.7 Å². The van der Waals surface area contributed by atoms with Crippen LogP contribution in [0.1, 0.15) is 108 Å². The van der Waals surface area contributed by atoms with E-state index >= 15 is 0 Å². The lowest BCUT2D eigenvalue weighted by atomic mass is 9.54. The van der Waals surface area contributed by atoms with E-state index < -0.39 is 5.92 Å². The van der Waals surface area contributed by atoms with Crippen molar-refractivity contribution in [2.75, 3.05) is 7.11 Å². The van der Waals surface area contributed by atoms with Crippen LogP contribution in [-0.2, 0) is 31.6 Å². The largest absolute Gasteiger partial charge is 0.496 e. The molecule has 2 saturated carbocycles. The maximum Gasteiger partial charge on any atom is 0.317 e. The Kier molecular flexibility index (Phi) is 8.18. The standard InChI is InChI=1S/C40H50O4/c1-24(2)29-15-18-31-30(37(29)43-7)16-19-33-36(34(41)20-21-40(31,33)6)38(42)44-35-22-25(3)12-17-32(35)39(4,5)28-14-13-26-10-8-9-11-27(26)23-28/h8-11,13-15,18,23-25,32-33,35-36H,12,16-17,19-22H2,1-7H3/t25-,32-,33-,35-,36-,40+/m1/s1. The molecule has 0 heterocycles. The highest BCUT2D eigenvalue weighted by Crippen LogP contribution is 2.54. The Morgan fingerprint density at radius 1 is 0.977 bits per heavy atom. The van der Waals surface area contributed by atoms with Crippen LogP contribution in [0.3, 0.4) is 0 Å². The van der Waals surface area contributed by atoms with Crippen molar-refractivity contribution < 1.29 is 19.1 Å². The number of esters is 1. The highest BCUT2D eigenvalue weighted by molar-refractivity contribution is 6.00. The number of methoxy groups -OCH3 is 1. The van der Waals surface area contributed by atoms with Gasteiger partial charge in [-0.3, -0.25) is 9.59 Å². The molecule has 3 aliphatic carbocycles. The van der Waals surface area contributed by atoms with Gasteiger partial charge in [0.05, 0.1) is 7.11 Å². The van der Waals surface area contributed by atoms with E-state index in [1.54, 1.807) is 7.11 Å². The van der Waals surface area contributed by atoms with Crippen molar-refractivity contribution in [1.29, 1.82) is 0 Å². The molecule has 44 heavy (non-hydrogen) atoms. The highest BCUT2D eigenvalue weighted by Gasteiger charge is 2.54. The van der Waals surface area contributed by atoms with Crippen molar-refractivity contribution in [2.45, 2.75) is 109 Å². The first-order chi connectivity index (χ1) is 21.0. The fraction of sp³-hybridized carbons (Fsp3) is 0.550. The molecule has 0 aromatic heterocycles. The quantitative estimate of drug-likeness (QED) is 0.211. The second-order valence-electron chi connectivity index (χ2n) is 15.2. The van der Waals surface area contributed by atoms with Crippen LogP contribution in [0.15, 0.2) is 54.6 Å². The van der Waals surface area contributed by atoms with Crippen molar-refractivity contribution in [2.24, 2.45) is 23.7 Å². The van der Waals surface area contributed by atoms with E-state index in [-0.39, 0.29) is 40.5 Å². The molecule has 6 atom stereocenters. The van der Waals surface area contributed by atoms with Gasteiger partial charge in [0.25, 0.3) is 0 Å². The van der Waals surface area contributed by atoms with Crippen LogP contribution in [0.4, 0.5) is 0 Å². The summed E-state index contributed by atoms with van der Waals surface area (Å²) in [4.78, 5) is 27.9. The molecular weight excluding hydrogens is 544 g/mol. The first kappa shape index (κ1) is 30.9. The number of ether oxygens (including phenoxy) is 2. The summed E-state index contributed by atoms with van der Waals surface area (Å²) < 4.78 is 12.6. The van der Waals surface area contributed by atoms with E-state index in [0.717, 1.165) is 44.3 Å². The van der Waals surface area contributed by atoms with Gasteiger partial charge in [-0.15, -0.1) is 0 Å². The van der Waals surface area contributed by atoms with Gasteiger partial charge in [-0.2, -0.15) is 0 Å². The van der Waals surface area contributed by atoms with Gasteiger partial charge in [-0.05, 0) is 93.7 Å². The van der Waals surface area contributed by atoms with Crippen LogP contribution >= 0.6 is 0 Å². The molecule has 2 fully saturated rings. The van der Waals surface area contributed by atoms with E-state index in [0.29, 0.717) is 18.3 Å². The van der Waals surface area contributed by atoms with Crippen LogP contribution in [-0.4, -0.2) is 25.0 Å². The first-order valence-corrected chi connectivity index (χ1v) is 16.9. The molecule has 0 radical (unpaired) electrons. The summed E-state index contributed by atoms with van der Waals surface area (Å²) in [7, 11) is 1.77. The summed E-state index contributed by atoms with van der Waals surface area (Å²) >= 11 is 0. The van der Waals surface area contributed by atoms with Crippen molar-refractivity contribution in [3.05, 3.63) is 76.9 Å². The van der Waals surface area contributed by atoms with Crippen molar-refractivity contribution in [3.63, 3.8) is 0 Å². The first-order valence-electron chi connectivity index (χ1n) is 16.9. The summed E-state index contributed by atoms with van der Waals surface area (Å²) in [5.41, 5.74) is 4.56. The van der Waals surface area contributed by atoms with Crippen molar-refractivity contribution in [1.82, 2.24) is 0 Å². The Balaban J connectivity index is 1.29. The third kappa shape index (κ3) is 5.16. The SMILES string of the molecule is COc1c(C(C)C)ccc2c1CC[C@@H]1[C@@H](C(=O)O[C@@H]3C[C@H](C)CC[C@H]3C(C)(C)c3ccc4ccccc4c3)C(=O)CC[C@@]21C. The molecule has 0 aliphatic heterocycles. The molecule has 0 spiro atoms. The topological polar surface area (TPSA) is 52.6 Å². The summed E-state index contributed by atoms with van der Waals surface area (Å²) in [6.45, 7) is 13.5.